The lowest BCUT2D eigenvalue weighted by atomic mass is 10.1. The van der Waals surface area contributed by atoms with Gasteiger partial charge in [-0.3, -0.25) is 4.79 Å². The van der Waals surface area contributed by atoms with E-state index >= 15 is 0 Å². The van der Waals surface area contributed by atoms with Crippen LogP contribution in [0.25, 0.3) is 27.8 Å². The van der Waals surface area contributed by atoms with Gasteiger partial charge in [-0.2, -0.15) is 0 Å². The molecule has 140 valence electrons. The molecule has 1 amide bonds. The summed E-state index contributed by atoms with van der Waals surface area (Å²) in [6, 6.07) is 23.3. The number of fused-ring (bicyclic) bond motifs is 2. The van der Waals surface area contributed by atoms with Gasteiger partial charge >= 0.3 is 0 Å². The molecule has 0 atom stereocenters. The molecule has 0 radical (unpaired) electrons. The largest absolute Gasteiger partial charge is 0.320 e. The van der Waals surface area contributed by atoms with Crippen LogP contribution in [0, 0.1) is 6.92 Å². The number of aromatic nitrogens is 3. The van der Waals surface area contributed by atoms with E-state index in [1.54, 1.807) is 6.07 Å². The standard InChI is InChI=1S/C24H18N4O/c1-16-9-10-18(22-15-28-13-5-4-8-23(28)26-22)14-21(16)27-24(29)20-12-11-17-6-2-3-7-19(17)25-20/h2-15H,1H3,(H,27,29). The van der Waals surface area contributed by atoms with E-state index in [2.05, 4.69) is 15.3 Å². The zero-order valence-electron chi connectivity index (χ0n) is 15.8. The summed E-state index contributed by atoms with van der Waals surface area (Å²) in [6.07, 6.45) is 3.95. The maximum atomic E-state index is 12.8. The molecule has 5 rings (SSSR count). The molecule has 29 heavy (non-hydrogen) atoms. The van der Waals surface area contributed by atoms with Crippen molar-refractivity contribution in [2.45, 2.75) is 6.92 Å². The Labute approximate surface area is 167 Å². The zero-order valence-corrected chi connectivity index (χ0v) is 15.8. The average Bonchev–Trinajstić information content (AvgIpc) is 3.19. The van der Waals surface area contributed by atoms with E-state index in [9.17, 15) is 4.79 Å². The second-order valence-electron chi connectivity index (χ2n) is 6.97. The first kappa shape index (κ1) is 17.1. The number of para-hydroxylation sites is 1. The highest BCUT2D eigenvalue weighted by Gasteiger charge is 2.12. The number of hydrogen-bond donors (Lipinski definition) is 1. The summed E-state index contributed by atoms with van der Waals surface area (Å²) in [5.74, 6) is -0.231. The summed E-state index contributed by atoms with van der Waals surface area (Å²) in [4.78, 5) is 22.0. The van der Waals surface area contributed by atoms with E-state index in [1.807, 2.05) is 90.4 Å². The van der Waals surface area contributed by atoms with Gasteiger partial charge in [-0.15, -0.1) is 0 Å². The highest BCUT2D eigenvalue weighted by atomic mass is 16.1. The molecular weight excluding hydrogens is 360 g/mol. The van der Waals surface area contributed by atoms with Gasteiger partial charge in [0.25, 0.3) is 5.91 Å². The number of rotatable bonds is 3. The minimum Gasteiger partial charge on any atom is -0.320 e. The monoisotopic (exact) mass is 378 g/mol. The number of imidazole rings is 1. The lowest BCUT2D eigenvalue weighted by molar-refractivity contribution is 0.102. The molecule has 5 nitrogen and oxygen atoms in total. The second kappa shape index (κ2) is 6.87. The van der Waals surface area contributed by atoms with Gasteiger partial charge in [0, 0.05) is 29.0 Å². The number of nitrogens with zero attached hydrogens (tertiary/aromatic N) is 3. The third-order valence-electron chi connectivity index (χ3n) is 4.98. The number of hydrogen-bond acceptors (Lipinski definition) is 3. The fourth-order valence-corrected chi connectivity index (χ4v) is 3.37. The average molecular weight is 378 g/mol. The van der Waals surface area contributed by atoms with Crippen molar-refractivity contribution in [3.8, 4) is 11.3 Å². The van der Waals surface area contributed by atoms with E-state index in [1.165, 1.54) is 0 Å². The van der Waals surface area contributed by atoms with E-state index < -0.39 is 0 Å². The Balaban J connectivity index is 1.47. The van der Waals surface area contributed by atoms with Crippen molar-refractivity contribution in [2.24, 2.45) is 0 Å². The lowest BCUT2D eigenvalue weighted by Gasteiger charge is -2.10. The van der Waals surface area contributed by atoms with Crippen molar-refractivity contribution in [1.82, 2.24) is 14.4 Å². The number of pyridine rings is 2. The Morgan fingerprint density at radius 3 is 2.69 bits per heavy atom. The van der Waals surface area contributed by atoms with Crippen molar-refractivity contribution in [3.63, 3.8) is 0 Å². The van der Waals surface area contributed by atoms with Crippen molar-refractivity contribution >= 4 is 28.1 Å². The van der Waals surface area contributed by atoms with Crippen LogP contribution in [0.4, 0.5) is 5.69 Å². The first-order chi connectivity index (χ1) is 14.2. The Morgan fingerprint density at radius 1 is 0.931 bits per heavy atom. The molecule has 0 saturated heterocycles. The van der Waals surface area contributed by atoms with E-state index in [0.29, 0.717) is 5.69 Å². The smallest absolute Gasteiger partial charge is 0.274 e. The molecular formula is C24H18N4O. The molecule has 0 bridgehead atoms. The van der Waals surface area contributed by atoms with Gasteiger partial charge in [-0.1, -0.05) is 42.5 Å². The third kappa shape index (κ3) is 3.23. The van der Waals surface area contributed by atoms with Gasteiger partial charge in [-0.25, -0.2) is 9.97 Å². The van der Waals surface area contributed by atoms with Crippen LogP contribution in [-0.4, -0.2) is 20.3 Å². The number of carbonyl (C=O) groups excluding carboxylic acids is 1. The fourth-order valence-electron chi connectivity index (χ4n) is 3.37. The second-order valence-corrected chi connectivity index (χ2v) is 6.97. The molecule has 5 aromatic rings. The SMILES string of the molecule is Cc1ccc(-c2cn3ccccc3n2)cc1NC(=O)c1ccc2ccccc2n1. The maximum absolute atomic E-state index is 12.8. The summed E-state index contributed by atoms with van der Waals surface area (Å²) in [7, 11) is 0. The Hall–Kier alpha value is -3.99. The lowest BCUT2D eigenvalue weighted by Crippen LogP contribution is -2.14. The van der Waals surface area contributed by atoms with Crippen molar-refractivity contribution < 1.29 is 4.79 Å². The molecule has 0 aliphatic carbocycles. The van der Waals surface area contributed by atoms with Crippen LogP contribution in [0.1, 0.15) is 16.1 Å². The molecule has 0 spiro atoms. The summed E-state index contributed by atoms with van der Waals surface area (Å²) in [6.45, 7) is 1.97. The third-order valence-corrected chi connectivity index (χ3v) is 4.98. The van der Waals surface area contributed by atoms with Crippen LogP contribution >= 0.6 is 0 Å². The molecule has 0 unspecified atom stereocenters. The zero-order chi connectivity index (χ0) is 19.8. The number of benzene rings is 2. The van der Waals surface area contributed by atoms with E-state index in [4.69, 9.17) is 0 Å². The van der Waals surface area contributed by atoms with Crippen LogP contribution in [0.2, 0.25) is 0 Å². The molecule has 0 saturated carbocycles. The Kier molecular flexibility index (Phi) is 4.06. The summed E-state index contributed by atoms with van der Waals surface area (Å²) >= 11 is 0. The van der Waals surface area contributed by atoms with Gasteiger partial charge < -0.3 is 9.72 Å². The highest BCUT2D eigenvalue weighted by Crippen LogP contribution is 2.26. The summed E-state index contributed by atoms with van der Waals surface area (Å²) in [5, 5.41) is 4.01. The number of amides is 1. The predicted octanol–water partition coefficient (Wildman–Crippen LogP) is 5.11. The molecule has 0 aliphatic rings. The normalized spacial score (nSPS) is 11.1. The van der Waals surface area contributed by atoms with Gasteiger partial charge in [0.05, 0.1) is 11.2 Å². The molecule has 2 aromatic carbocycles. The number of nitrogens with one attached hydrogen (secondary N) is 1. The predicted molar refractivity (Wildman–Crippen MR) is 115 cm³/mol. The number of aryl methyl sites for hydroxylation is 1. The summed E-state index contributed by atoms with van der Waals surface area (Å²) in [5.41, 5.74) is 5.60. The Bertz CT molecular complexity index is 1340. The molecule has 0 fully saturated rings. The quantitative estimate of drug-likeness (QED) is 0.475. The van der Waals surface area contributed by atoms with Gasteiger partial charge in [-0.05, 0) is 42.8 Å². The van der Waals surface area contributed by atoms with Crippen LogP contribution in [0.5, 0.6) is 0 Å². The van der Waals surface area contributed by atoms with Gasteiger partial charge in [0.1, 0.15) is 11.3 Å². The Morgan fingerprint density at radius 2 is 1.79 bits per heavy atom. The highest BCUT2D eigenvalue weighted by molar-refractivity contribution is 6.04. The van der Waals surface area contributed by atoms with Crippen molar-refractivity contribution in [3.05, 3.63) is 96.4 Å². The van der Waals surface area contributed by atoms with Crippen LogP contribution in [-0.2, 0) is 0 Å². The molecule has 3 aromatic heterocycles. The van der Waals surface area contributed by atoms with Crippen molar-refractivity contribution in [2.75, 3.05) is 5.32 Å². The number of anilines is 1. The van der Waals surface area contributed by atoms with Crippen LogP contribution in [0.15, 0.2) is 85.2 Å². The van der Waals surface area contributed by atoms with E-state index in [0.717, 1.165) is 39.1 Å². The maximum Gasteiger partial charge on any atom is 0.274 e. The summed E-state index contributed by atoms with van der Waals surface area (Å²) < 4.78 is 1.98. The topological polar surface area (TPSA) is 59.3 Å². The minimum atomic E-state index is -0.231. The van der Waals surface area contributed by atoms with Crippen LogP contribution < -0.4 is 5.32 Å². The van der Waals surface area contributed by atoms with Gasteiger partial charge in [0.15, 0.2) is 0 Å². The molecule has 0 aliphatic heterocycles. The van der Waals surface area contributed by atoms with E-state index in [-0.39, 0.29) is 5.91 Å². The molecule has 5 heteroatoms. The molecule has 3 heterocycles. The minimum absolute atomic E-state index is 0.231. The molecule has 1 N–H and O–H groups in total. The number of carbonyl (C=O) groups is 1. The van der Waals surface area contributed by atoms with Crippen LogP contribution in [0.3, 0.4) is 0 Å². The van der Waals surface area contributed by atoms with Crippen molar-refractivity contribution in [1.29, 1.82) is 0 Å². The first-order valence-corrected chi connectivity index (χ1v) is 9.39. The fraction of sp³-hybridized carbons (Fsp3) is 0.0417. The van der Waals surface area contributed by atoms with Gasteiger partial charge in [0.2, 0.25) is 0 Å². The first-order valence-electron chi connectivity index (χ1n) is 9.39.